The van der Waals surface area contributed by atoms with Crippen LogP contribution in [0.15, 0.2) is 30.6 Å². The molecule has 0 bridgehead atoms. The summed E-state index contributed by atoms with van der Waals surface area (Å²) < 4.78 is 1.81. The largest absolute Gasteiger partial charge is 0.310 e. The highest BCUT2D eigenvalue weighted by atomic mass is 35.5. The van der Waals surface area contributed by atoms with E-state index in [1.807, 2.05) is 42.3 Å². The van der Waals surface area contributed by atoms with Gasteiger partial charge in [0.25, 0.3) is 0 Å². The molecule has 0 aliphatic rings. The third kappa shape index (κ3) is 3.98. The Kier molecular flexibility index (Phi) is 5.46. The van der Waals surface area contributed by atoms with E-state index in [2.05, 4.69) is 17.3 Å². The number of nitrogens with zero attached hydrogens (tertiary/aromatic N) is 2. The van der Waals surface area contributed by atoms with E-state index in [9.17, 15) is 0 Å². The number of halogens is 2. The molecule has 1 aromatic heterocycles. The highest BCUT2D eigenvalue weighted by Crippen LogP contribution is 2.28. The zero-order chi connectivity index (χ0) is 14.5. The molecule has 1 N–H and O–H groups in total. The molecule has 0 saturated heterocycles. The summed E-state index contributed by atoms with van der Waals surface area (Å²) >= 11 is 12.4. The molecule has 5 heteroatoms. The molecule has 0 saturated carbocycles. The standard InChI is InChI=1S/C15H19Cl2N3/c1-3-6-18-15(7-11-9-19-20(2)10-11)13-8-12(16)4-5-14(13)17/h4-5,8-10,15,18H,3,6-7H2,1-2H3. The molecule has 20 heavy (non-hydrogen) atoms. The smallest absolute Gasteiger partial charge is 0.0522 e. The Morgan fingerprint density at radius 3 is 2.80 bits per heavy atom. The van der Waals surface area contributed by atoms with E-state index >= 15 is 0 Å². The van der Waals surface area contributed by atoms with Crippen LogP contribution in [0.4, 0.5) is 0 Å². The topological polar surface area (TPSA) is 29.9 Å². The second-order valence-electron chi connectivity index (χ2n) is 4.90. The number of aromatic nitrogens is 2. The molecule has 0 spiro atoms. The summed E-state index contributed by atoms with van der Waals surface area (Å²) in [5.74, 6) is 0. The molecule has 0 amide bonds. The van der Waals surface area contributed by atoms with Gasteiger partial charge in [-0.2, -0.15) is 5.10 Å². The van der Waals surface area contributed by atoms with E-state index in [0.29, 0.717) is 5.02 Å². The first-order valence-corrected chi connectivity index (χ1v) is 7.51. The predicted octanol–water partition coefficient (Wildman–Crippen LogP) is 4.01. The van der Waals surface area contributed by atoms with Crippen molar-refractivity contribution >= 4 is 23.2 Å². The minimum absolute atomic E-state index is 0.144. The number of hydrogen-bond acceptors (Lipinski definition) is 2. The van der Waals surface area contributed by atoms with Gasteiger partial charge in [-0.3, -0.25) is 4.68 Å². The molecular formula is C15H19Cl2N3. The first-order valence-electron chi connectivity index (χ1n) is 6.76. The van der Waals surface area contributed by atoms with Gasteiger partial charge in [0, 0.05) is 29.3 Å². The molecule has 1 heterocycles. The van der Waals surface area contributed by atoms with Crippen molar-refractivity contribution in [2.24, 2.45) is 7.05 Å². The molecule has 0 aliphatic carbocycles. The lowest BCUT2D eigenvalue weighted by Gasteiger charge is -2.20. The molecule has 0 aliphatic heterocycles. The van der Waals surface area contributed by atoms with Crippen molar-refractivity contribution in [1.82, 2.24) is 15.1 Å². The maximum absolute atomic E-state index is 6.32. The summed E-state index contributed by atoms with van der Waals surface area (Å²) in [6.07, 6.45) is 5.83. The fourth-order valence-corrected chi connectivity index (χ4v) is 2.64. The summed E-state index contributed by atoms with van der Waals surface area (Å²) in [4.78, 5) is 0. The molecule has 1 unspecified atom stereocenters. The van der Waals surface area contributed by atoms with Gasteiger partial charge in [0.2, 0.25) is 0 Å². The minimum atomic E-state index is 0.144. The second-order valence-corrected chi connectivity index (χ2v) is 5.74. The van der Waals surface area contributed by atoms with Crippen molar-refractivity contribution in [3.8, 4) is 0 Å². The normalized spacial score (nSPS) is 12.6. The van der Waals surface area contributed by atoms with Crippen molar-refractivity contribution in [2.45, 2.75) is 25.8 Å². The fourth-order valence-electron chi connectivity index (χ4n) is 2.21. The molecule has 2 aromatic rings. The van der Waals surface area contributed by atoms with Gasteiger partial charge in [-0.1, -0.05) is 30.1 Å². The van der Waals surface area contributed by atoms with E-state index in [1.165, 1.54) is 5.56 Å². The SMILES string of the molecule is CCCNC(Cc1cnn(C)c1)c1cc(Cl)ccc1Cl. The van der Waals surface area contributed by atoms with Gasteiger partial charge >= 0.3 is 0 Å². The van der Waals surface area contributed by atoms with Gasteiger partial charge in [-0.05, 0) is 48.7 Å². The molecule has 2 rings (SSSR count). The van der Waals surface area contributed by atoms with Crippen molar-refractivity contribution in [3.05, 3.63) is 51.8 Å². The third-order valence-electron chi connectivity index (χ3n) is 3.17. The highest BCUT2D eigenvalue weighted by molar-refractivity contribution is 6.33. The number of rotatable bonds is 6. The lowest BCUT2D eigenvalue weighted by Crippen LogP contribution is -2.24. The average Bonchev–Trinajstić information content (AvgIpc) is 2.83. The lowest BCUT2D eigenvalue weighted by atomic mass is 10.0. The van der Waals surface area contributed by atoms with Crippen LogP contribution in [-0.2, 0) is 13.5 Å². The second kappa shape index (κ2) is 7.11. The van der Waals surface area contributed by atoms with Gasteiger partial charge in [-0.25, -0.2) is 0 Å². The summed E-state index contributed by atoms with van der Waals surface area (Å²) in [5.41, 5.74) is 2.22. The maximum Gasteiger partial charge on any atom is 0.0522 e. The first-order chi connectivity index (χ1) is 9.60. The molecule has 3 nitrogen and oxygen atoms in total. The van der Waals surface area contributed by atoms with Crippen molar-refractivity contribution in [2.75, 3.05) is 6.54 Å². The molecular weight excluding hydrogens is 293 g/mol. The number of aryl methyl sites for hydroxylation is 1. The van der Waals surface area contributed by atoms with E-state index in [4.69, 9.17) is 23.2 Å². The predicted molar refractivity (Wildman–Crippen MR) is 84.4 cm³/mol. The van der Waals surface area contributed by atoms with Crippen LogP contribution in [0.2, 0.25) is 10.0 Å². The van der Waals surface area contributed by atoms with Crippen molar-refractivity contribution in [3.63, 3.8) is 0 Å². The van der Waals surface area contributed by atoms with Crippen LogP contribution in [0.5, 0.6) is 0 Å². The molecule has 108 valence electrons. The third-order valence-corrected chi connectivity index (χ3v) is 3.75. The van der Waals surface area contributed by atoms with Crippen LogP contribution in [0.3, 0.4) is 0 Å². The average molecular weight is 312 g/mol. The fraction of sp³-hybridized carbons (Fsp3) is 0.400. The summed E-state index contributed by atoms with van der Waals surface area (Å²) in [5, 5.41) is 9.19. The van der Waals surface area contributed by atoms with Crippen LogP contribution in [0.25, 0.3) is 0 Å². The number of hydrogen-bond donors (Lipinski definition) is 1. The van der Waals surface area contributed by atoms with Crippen LogP contribution >= 0.6 is 23.2 Å². The van der Waals surface area contributed by atoms with E-state index < -0.39 is 0 Å². The highest BCUT2D eigenvalue weighted by Gasteiger charge is 2.16. The van der Waals surface area contributed by atoms with E-state index in [0.717, 1.165) is 30.0 Å². The Balaban J connectivity index is 2.24. The Morgan fingerprint density at radius 2 is 2.15 bits per heavy atom. The van der Waals surface area contributed by atoms with Gasteiger partial charge < -0.3 is 5.32 Å². The summed E-state index contributed by atoms with van der Waals surface area (Å²) in [6.45, 7) is 3.08. The molecule has 1 atom stereocenters. The van der Waals surface area contributed by atoms with Gasteiger partial charge in [0.15, 0.2) is 0 Å². The van der Waals surface area contributed by atoms with Crippen molar-refractivity contribution < 1.29 is 0 Å². The molecule has 0 radical (unpaired) electrons. The Bertz CT molecular complexity index is 566. The summed E-state index contributed by atoms with van der Waals surface area (Å²) in [7, 11) is 1.92. The quantitative estimate of drug-likeness (QED) is 0.873. The van der Waals surface area contributed by atoms with Crippen LogP contribution in [-0.4, -0.2) is 16.3 Å². The van der Waals surface area contributed by atoms with Crippen LogP contribution in [0, 0.1) is 0 Å². The van der Waals surface area contributed by atoms with Gasteiger partial charge in [0.05, 0.1) is 6.20 Å². The molecule has 1 aromatic carbocycles. The molecule has 0 fully saturated rings. The Morgan fingerprint density at radius 1 is 1.35 bits per heavy atom. The first kappa shape index (κ1) is 15.4. The Labute approximate surface area is 129 Å². The van der Waals surface area contributed by atoms with Crippen LogP contribution in [0.1, 0.15) is 30.5 Å². The number of benzene rings is 1. The van der Waals surface area contributed by atoms with Crippen LogP contribution < -0.4 is 5.32 Å². The minimum Gasteiger partial charge on any atom is -0.310 e. The zero-order valence-corrected chi connectivity index (χ0v) is 13.2. The van der Waals surface area contributed by atoms with Crippen molar-refractivity contribution in [1.29, 1.82) is 0 Å². The van der Waals surface area contributed by atoms with E-state index in [1.54, 1.807) is 0 Å². The maximum atomic E-state index is 6.32. The van der Waals surface area contributed by atoms with Gasteiger partial charge in [-0.15, -0.1) is 0 Å². The Hall–Kier alpha value is -1.03. The van der Waals surface area contributed by atoms with Gasteiger partial charge in [0.1, 0.15) is 0 Å². The lowest BCUT2D eigenvalue weighted by molar-refractivity contribution is 0.529. The van der Waals surface area contributed by atoms with E-state index in [-0.39, 0.29) is 6.04 Å². The number of nitrogens with one attached hydrogen (secondary N) is 1. The zero-order valence-electron chi connectivity index (χ0n) is 11.7. The monoisotopic (exact) mass is 311 g/mol. The summed E-state index contributed by atoms with van der Waals surface area (Å²) in [6, 6.07) is 5.75.